The molecule has 0 bridgehead atoms. The normalized spacial score (nSPS) is 12.3. The molecule has 0 unspecified atom stereocenters. The van der Waals surface area contributed by atoms with Gasteiger partial charge in [0.05, 0.1) is 32.9 Å². The molecule has 0 rings (SSSR count). The summed E-state index contributed by atoms with van der Waals surface area (Å²) in [6.45, 7) is 4.47. The Morgan fingerprint density at radius 1 is 0.767 bits per heavy atom. The zero-order valence-electron chi connectivity index (χ0n) is 20.0. The molecule has 180 valence electrons. The van der Waals surface area contributed by atoms with Crippen LogP contribution < -0.4 is 5.32 Å². The minimum atomic E-state index is -3.87. The molecular formula is C23H49N2O4S+. The van der Waals surface area contributed by atoms with Gasteiger partial charge in [-0.1, -0.05) is 77.6 Å². The van der Waals surface area contributed by atoms with E-state index in [1.54, 1.807) is 0 Å². The maximum absolute atomic E-state index is 11.9. The van der Waals surface area contributed by atoms with Crippen LogP contribution in [0.3, 0.4) is 0 Å². The second-order valence-corrected chi connectivity index (χ2v) is 10.9. The van der Waals surface area contributed by atoms with Crippen molar-refractivity contribution in [2.75, 3.05) is 39.5 Å². The summed E-state index contributed by atoms with van der Waals surface area (Å²) in [5.74, 6) is -0.0523. The molecule has 1 amide bonds. The van der Waals surface area contributed by atoms with Gasteiger partial charge in [-0.05, 0) is 6.42 Å². The predicted molar refractivity (Wildman–Crippen MR) is 126 cm³/mol. The number of rotatable bonds is 21. The Bertz CT molecular complexity index is 521. The molecule has 0 spiro atoms. The van der Waals surface area contributed by atoms with Crippen molar-refractivity contribution in [2.24, 2.45) is 0 Å². The fraction of sp³-hybridized carbons (Fsp3) is 0.957. The highest BCUT2D eigenvalue weighted by Gasteiger charge is 2.16. The average molecular weight is 450 g/mol. The number of carbonyl (C=O) groups excluding carboxylic acids is 1. The van der Waals surface area contributed by atoms with E-state index in [1.165, 1.54) is 64.2 Å². The van der Waals surface area contributed by atoms with Gasteiger partial charge in [0.15, 0.2) is 0 Å². The quantitative estimate of drug-likeness (QED) is 0.148. The van der Waals surface area contributed by atoms with Crippen LogP contribution in [0.4, 0.5) is 0 Å². The third kappa shape index (κ3) is 22.0. The summed E-state index contributed by atoms with van der Waals surface area (Å²) >= 11 is 0. The van der Waals surface area contributed by atoms with Gasteiger partial charge in [-0.15, -0.1) is 0 Å². The third-order valence-corrected chi connectivity index (χ3v) is 6.49. The van der Waals surface area contributed by atoms with Crippen LogP contribution in [-0.4, -0.2) is 62.8 Å². The molecule has 0 aromatic heterocycles. The van der Waals surface area contributed by atoms with Gasteiger partial charge in [0, 0.05) is 25.8 Å². The van der Waals surface area contributed by atoms with Crippen molar-refractivity contribution in [3.8, 4) is 0 Å². The number of unbranched alkanes of at least 4 members (excludes halogenated alkanes) is 11. The highest BCUT2D eigenvalue weighted by atomic mass is 32.2. The Kier molecular flexibility index (Phi) is 17.6. The lowest BCUT2D eigenvalue weighted by Crippen LogP contribution is -2.43. The van der Waals surface area contributed by atoms with Crippen molar-refractivity contribution in [3.05, 3.63) is 0 Å². The molecule has 0 saturated carbocycles. The van der Waals surface area contributed by atoms with Crippen LogP contribution in [-0.2, 0) is 14.9 Å². The standard InChI is InChI=1S/C23H48N2O4S/c1-4-5-6-7-8-9-10-11-12-13-14-15-18-23(26)24-19-16-20-25(2,3)21-17-22-30(27,28)29/h4-22H2,1-3H3,(H-,24,26,27,28,29)/p+1. The van der Waals surface area contributed by atoms with E-state index in [-0.39, 0.29) is 11.7 Å². The monoisotopic (exact) mass is 449 g/mol. The van der Waals surface area contributed by atoms with Gasteiger partial charge in [-0.25, -0.2) is 0 Å². The van der Waals surface area contributed by atoms with Gasteiger partial charge in [-0.2, -0.15) is 8.42 Å². The number of hydrogen-bond donors (Lipinski definition) is 2. The van der Waals surface area contributed by atoms with Crippen LogP contribution in [0.2, 0.25) is 0 Å². The zero-order valence-corrected chi connectivity index (χ0v) is 20.8. The molecule has 2 N–H and O–H groups in total. The van der Waals surface area contributed by atoms with E-state index in [0.29, 0.717) is 30.4 Å². The predicted octanol–water partition coefficient (Wildman–Crippen LogP) is 4.94. The van der Waals surface area contributed by atoms with Gasteiger partial charge in [0.2, 0.25) is 5.91 Å². The summed E-state index contributed by atoms with van der Waals surface area (Å²) in [5, 5.41) is 2.99. The molecule has 0 fully saturated rings. The molecule has 0 atom stereocenters. The second kappa shape index (κ2) is 18.0. The van der Waals surface area contributed by atoms with Crippen LogP contribution in [0.5, 0.6) is 0 Å². The minimum Gasteiger partial charge on any atom is -0.356 e. The smallest absolute Gasteiger partial charge is 0.265 e. The van der Waals surface area contributed by atoms with Crippen molar-refractivity contribution >= 4 is 16.0 Å². The van der Waals surface area contributed by atoms with Gasteiger partial charge < -0.3 is 9.80 Å². The lowest BCUT2D eigenvalue weighted by molar-refractivity contribution is -0.890. The van der Waals surface area contributed by atoms with Gasteiger partial charge in [0.1, 0.15) is 0 Å². The number of amides is 1. The summed E-state index contributed by atoms with van der Waals surface area (Å²) in [6, 6.07) is 0. The Morgan fingerprint density at radius 3 is 1.73 bits per heavy atom. The molecule has 0 aliphatic rings. The van der Waals surface area contributed by atoms with Crippen molar-refractivity contribution in [1.82, 2.24) is 5.32 Å². The number of hydrogen-bond acceptors (Lipinski definition) is 3. The summed E-state index contributed by atoms with van der Waals surface area (Å²) < 4.78 is 31.0. The molecule has 0 radical (unpaired) electrons. The highest BCUT2D eigenvalue weighted by molar-refractivity contribution is 7.85. The first-order chi connectivity index (χ1) is 14.2. The molecular weight excluding hydrogens is 400 g/mol. The Balaban J connectivity index is 3.47. The van der Waals surface area contributed by atoms with E-state index in [0.717, 1.165) is 25.8 Å². The van der Waals surface area contributed by atoms with Crippen LogP contribution >= 0.6 is 0 Å². The topological polar surface area (TPSA) is 83.5 Å². The minimum absolute atomic E-state index is 0.138. The number of quaternary nitrogens is 1. The largest absolute Gasteiger partial charge is 0.356 e. The summed E-state index contributed by atoms with van der Waals surface area (Å²) in [4.78, 5) is 11.9. The van der Waals surface area contributed by atoms with E-state index in [9.17, 15) is 13.2 Å². The Labute approximate surface area is 186 Å². The van der Waals surface area contributed by atoms with Gasteiger partial charge in [0.25, 0.3) is 10.1 Å². The van der Waals surface area contributed by atoms with Crippen molar-refractivity contribution < 1.29 is 22.2 Å². The maximum atomic E-state index is 11.9. The molecule has 30 heavy (non-hydrogen) atoms. The SMILES string of the molecule is CCCCCCCCCCCCCCC(=O)NCCC[N+](C)(C)CCCS(=O)(=O)O. The first-order valence-corrected chi connectivity index (χ1v) is 13.8. The van der Waals surface area contributed by atoms with Gasteiger partial charge >= 0.3 is 0 Å². The number of nitrogens with one attached hydrogen (secondary N) is 1. The fourth-order valence-electron chi connectivity index (χ4n) is 3.74. The lowest BCUT2D eigenvalue weighted by atomic mass is 10.0. The van der Waals surface area contributed by atoms with Crippen molar-refractivity contribution in [2.45, 2.75) is 103 Å². The molecule has 6 nitrogen and oxygen atoms in total. The van der Waals surface area contributed by atoms with Gasteiger partial charge in [-0.3, -0.25) is 9.35 Å². The molecule has 0 aromatic carbocycles. The van der Waals surface area contributed by atoms with Crippen LogP contribution in [0.1, 0.15) is 103 Å². The lowest BCUT2D eigenvalue weighted by Gasteiger charge is -2.29. The van der Waals surface area contributed by atoms with Crippen LogP contribution in [0.15, 0.2) is 0 Å². The first kappa shape index (κ1) is 29.3. The Morgan fingerprint density at radius 2 is 1.23 bits per heavy atom. The summed E-state index contributed by atoms with van der Waals surface area (Å²) in [7, 11) is 0.206. The molecule has 0 aromatic rings. The average Bonchev–Trinajstić information content (AvgIpc) is 2.65. The molecule has 0 saturated heterocycles. The molecule has 0 aliphatic carbocycles. The Hall–Kier alpha value is -0.660. The highest BCUT2D eigenvalue weighted by Crippen LogP contribution is 2.12. The fourth-order valence-corrected chi connectivity index (χ4v) is 4.23. The second-order valence-electron chi connectivity index (χ2n) is 9.37. The van der Waals surface area contributed by atoms with E-state index < -0.39 is 10.1 Å². The third-order valence-electron chi connectivity index (χ3n) is 5.69. The number of nitrogens with zero attached hydrogens (tertiary/aromatic N) is 1. The maximum Gasteiger partial charge on any atom is 0.265 e. The molecule has 0 heterocycles. The van der Waals surface area contributed by atoms with Crippen LogP contribution in [0.25, 0.3) is 0 Å². The van der Waals surface area contributed by atoms with Crippen molar-refractivity contribution in [1.29, 1.82) is 0 Å². The van der Waals surface area contributed by atoms with E-state index >= 15 is 0 Å². The van der Waals surface area contributed by atoms with Crippen molar-refractivity contribution in [3.63, 3.8) is 0 Å². The summed E-state index contributed by atoms with van der Waals surface area (Å²) in [6.07, 6.45) is 17.5. The van der Waals surface area contributed by atoms with E-state index in [1.807, 2.05) is 14.1 Å². The molecule has 7 heteroatoms. The summed E-state index contributed by atoms with van der Waals surface area (Å²) in [5.41, 5.74) is 0. The van der Waals surface area contributed by atoms with E-state index in [2.05, 4.69) is 12.2 Å². The van der Waals surface area contributed by atoms with E-state index in [4.69, 9.17) is 4.55 Å². The zero-order chi connectivity index (χ0) is 22.7. The molecule has 0 aliphatic heterocycles. The first-order valence-electron chi connectivity index (χ1n) is 12.2. The number of carbonyl (C=O) groups is 1. The van der Waals surface area contributed by atoms with Crippen LogP contribution in [0, 0.1) is 0 Å².